The lowest BCUT2D eigenvalue weighted by Gasteiger charge is -2.27. The van der Waals surface area contributed by atoms with Gasteiger partial charge in [0.1, 0.15) is 6.61 Å². The summed E-state index contributed by atoms with van der Waals surface area (Å²) in [5, 5.41) is 11.1. The lowest BCUT2D eigenvalue weighted by Crippen LogP contribution is -2.49. The van der Waals surface area contributed by atoms with Crippen LogP contribution in [0.2, 0.25) is 0 Å². The number of nitrogens with one attached hydrogen (secondary N) is 4. The molecule has 0 heterocycles. The maximum Gasteiger partial charge on any atom is 0.224 e. The molecule has 0 spiro atoms. The van der Waals surface area contributed by atoms with Gasteiger partial charge in [-0.2, -0.15) is 12.6 Å². The van der Waals surface area contributed by atoms with Crippen molar-refractivity contribution in [2.24, 2.45) is 167 Å². The number of ketones is 5. The molecular formula is C60H115N29O11S. The first-order valence-corrected chi connectivity index (χ1v) is 34.1. The van der Waals surface area contributed by atoms with Crippen molar-refractivity contribution in [3.05, 3.63) is 0 Å². The Bertz CT molecular complexity index is 2860. The molecule has 0 aliphatic rings. The van der Waals surface area contributed by atoms with Crippen LogP contribution in [0.1, 0.15) is 142 Å². The zero-order valence-electron chi connectivity index (χ0n) is 58.2. The largest absolute Gasteiger partial charge is 0.374 e. The lowest BCUT2D eigenvalue weighted by atomic mass is 9.88. The Balaban J connectivity index is 7.86. The molecule has 0 radical (unpaired) electrons. The molecule has 0 aliphatic heterocycles. The highest BCUT2D eigenvalue weighted by Gasteiger charge is 2.36. The molecule has 0 aromatic carbocycles. The fourth-order valence-electron chi connectivity index (χ4n) is 10.3. The molecule has 0 saturated heterocycles. The highest BCUT2D eigenvalue weighted by Crippen LogP contribution is 2.23. The SMILES string of the molecule is CCOCC(=O)C[C@H](CCCN=C(N)N)C(=O)N[C@H](CCCN=C(N)N)C(=O)C[C@H](CCCN=C(N)N)C(=O)N[C@H](CCCN=C(N)N)C(=O)C[C@H](CCCN=C(N)N)C(=O)N[C@H](CCCN=C(N)N)C(=O)C[C@H](CCCN=C(N)N)C(=O)N[C@H](CCCN=C(N)N)C(=O)C[C@H](CS)C(N)=O. The molecule has 101 heavy (non-hydrogen) atoms. The van der Waals surface area contributed by atoms with Gasteiger partial charge >= 0.3 is 0 Å². The standard InChI is InChI=1S/C60H115N29O11S/c1-2-100-32-39(90)27-34(11-3-19-78-53(62)63)49(96)86-40(15-7-23-82-57(70)71)44(91)28-35(12-4-20-79-54(64)65)50(97)87-41(16-8-24-83-58(72)73)45(92)29-36(13-5-21-80-55(66)67)51(98)88-42(17-9-25-84-59(74)75)46(93)30-37(14-6-22-81-56(68)69)52(99)89-43(18-10-26-85-60(76)77)47(94)31-38(33-101)48(61)95/h34-38,40-43,101H,2-33H2,1H3,(H2,61,95)(H,86,96)(H,87,97)(H,88,98)(H,89,99)(H4,62,63,78)(H4,64,65,79)(H4,66,67,80)(H4,68,69,81)(H4,70,71,82)(H4,72,73,83)(H4,74,75,84)(H4,76,77,85)/t34-,35-,36-,37-,38+,40+,41+,42+,43+/m0/s1. The average Bonchev–Trinajstić information content (AvgIpc) is 0.883. The molecule has 572 valence electrons. The van der Waals surface area contributed by atoms with Crippen molar-refractivity contribution in [2.75, 3.05) is 71.3 Å². The number of thiol groups is 1. The quantitative estimate of drug-likeness (QED) is 0.0116. The van der Waals surface area contributed by atoms with Gasteiger partial charge < -0.3 is 123 Å². The summed E-state index contributed by atoms with van der Waals surface area (Å²) in [6, 6.07) is -5.25. The van der Waals surface area contributed by atoms with Crippen molar-refractivity contribution >= 4 is 119 Å². The second-order valence-electron chi connectivity index (χ2n) is 24.0. The fourth-order valence-corrected chi connectivity index (χ4v) is 10.6. The van der Waals surface area contributed by atoms with Crippen molar-refractivity contribution in [1.29, 1.82) is 0 Å². The van der Waals surface area contributed by atoms with Gasteiger partial charge in [0.25, 0.3) is 0 Å². The minimum atomic E-state index is -1.39. The van der Waals surface area contributed by atoms with Crippen LogP contribution in [0, 0.1) is 29.6 Å². The molecule has 0 unspecified atom stereocenters. The summed E-state index contributed by atoms with van der Waals surface area (Å²) in [5.74, 6) is -14.3. The fraction of sp³-hybridized carbons (Fsp3) is 0.700. The van der Waals surface area contributed by atoms with E-state index in [-0.39, 0.29) is 240 Å². The maximum atomic E-state index is 15.0. The number of primary amides is 1. The van der Waals surface area contributed by atoms with E-state index in [1.54, 1.807) is 6.92 Å². The number of amides is 5. The Morgan fingerprint density at radius 2 is 0.505 bits per heavy atom. The molecule has 0 saturated carbocycles. The van der Waals surface area contributed by atoms with Crippen molar-refractivity contribution < 1.29 is 52.7 Å². The lowest BCUT2D eigenvalue weighted by molar-refractivity contribution is -0.136. The Hall–Kier alpha value is -9.83. The number of nitrogens with zero attached hydrogens (tertiary/aromatic N) is 8. The number of hydrogen-bond donors (Lipinski definition) is 22. The third kappa shape index (κ3) is 45.5. The second-order valence-corrected chi connectivity index (χ2v) is 24.3. The van der Waals surface area contributed by atoms with Crippen LogP contribution in [0.4, 0.5) is 0 Å². The van der Waals surface area contributed by atoms with Crippen molar-refractivity contribution in [3.63, 3.8) is 0 Å². The number of carbonyl (C=O) groups excluding carboxylic acids is 10. The predicted octanol–water partition coefficient (Wildman–Crippen LogP) is -7.32. The molecular weight excluding hydrogens is 1330 g/mol. The van der Waals surface area contributed by atoms with Gasteiger partial charge in [-0.3, -0.25) is 87.9 Å². The highest BCUT2D eigenvalue weighted by molar-refractivity contribution is 7.80. The smallest absolute Gasteiger partial charge is 0.224 e. The number of Topliss-reactive ketones (excluding diaryl/α,β-unsaturated/α-hetero) is 5. The normalized spacial score (nSPS) is 13.5. The van der Waals surface area contributed by atoms with E-state index in [2.05, 4.69) is 73.8 Å². The van der Waals surface area contributed by atoms with Crippen LogP contribution in [0.3, 0.4) is 0 Å². The zero-order valence-corrected chi connectivity index (χ0v) is 59.0. The third-order valence-electron chi connectivity index (χ3n) is 15.5. The van der Waals surface area contributed by atoms with Gasteiger partial charge in [-0.25, -0.2) is 0 Å². The Labute approximate surface area is 594 Å². The minimum Gasteiger partial charge on any atom is -0.374 e. The maximum absolute atomic E-state index is 15.0. The number of hydrogen-bond acceptors (Lipinski definition) is 20. The molecule has 0 aromatic heterocycles. The Morgan fingerprint density at radius 1 is 0.307 bits per heavy atom. The van der Waals surface area contributed by atoms with E-state index >= 15 is 4.79 Å². The summed E-state index contributed by atoms with van der Waals surface area (Å²) >= 11 is 4.17. The van der Waals surface area contributed by atoms with E-state index in [1.165, 1.54) is 0 Å². The molecule has 0 fully saturated rings. The first kappa shape index (κ1) is 91.2. The van der Waals surface area contributed by atoms with Gasteiger partial charge in [-0.15, -0.1) is 0 Å². The first-order chi connectivity index (χ1) is 47.7. The number of guanidine groups is 8. The summed E-state index contributed by atoms with van der Waals surface area (Å²) in [5.41, 5.74) is 95.0. The summed E-state index contributed by atoms with van der Waals surface area (Å²) < 4.78 is 5.30. The number of rotatable bonds is 59. The van der Waals surface area contributed by atoms with Gasteiger partial charge in [0.2, 0.25) is 29.5 Å². The third-order valence-corrected chi connectivity index (χ3v) is 15.9. The van der Waals surface area contributed by atoms with Gasteiger partial charge in [0, 0.05) is 120 Å². The molecule has 0 bridgehead atoms. The van der Waals surface area contributed by atoms with E-state index in [0.29, 0.717) is 0 Å². The molecule has 0 rings (SSSR count). The van der Waals surface area contributed by atoms with Crippen molar-refractivity contribution in [2.45, 2.75) is 166 Å². The van der Waals surface area contributed by atoms with Gasteiger partial charge in [0.05, 0.1) is 30.1 Å². The van der Waals surface area contributed by atoms with Gasteiger partial charge in [0.15, 0.2) is 76.6 Å². The molecule has 9 atom stereocenters. The Kier molecular flexibility index (Phi) is 48.0. The van der Waals surface area contributed by atoms with Crippen LogP contribution in [0.25, 0.3) is 0 Å². The van der Waals surface area contributed by atoms with Crippen LogP contribution in [-0.2, 0) is 52.7 Å². The van der Waals surface area contributed by atoms with Crippen molar-refractivity contribution in [3.8, 4) is 0 Å². The van der Waals surface area contributed by atoms with Gasteiger partial charge in [-0.05, 0) is 110 Å². The minimum absolute atomic E-state index is 0.00174. The zero-order chi connectivity index (χ0) is 76.4. The van der Waals surface area contributed by atoms with E-state index < -0.39 is 126 Å². The van der Waals surface area contributed by atoms with E-state index in [4.69, 9.17) is 102 Å². The summed E-state index contributed by atoms with van der Waals surface area (Å²) in [6.07, 6.45) is -1.28. The van der Waals surface area contributed by atoms with Crippen LogP contribution in [-0.4, -0.2) is 202 Å². The number of ether oxygens (including phenoxy) is 1. The molecule has 0 aromatic rings. The number of carbonyl (C=O) groups is 10. The highest BCUT2D eigenvalue weighted by atomic mass is 32.1. The molecule has 38 N–H and O–H groups in total. The average molecular weight is 1450 g/mol. The van der Waals surface area contributed by atoms with E-state index in [0.717, 1.165) is 0 Å². The summed E-state index contributed by atoms with van der Waals surface area (Å²) in [6.45, 7) is 1.93. The number of aliphatic imine (C=N–C) groups is 8. The molecule has 41 heteroatoms. The molecule has 40 nitrogen and oxygen atoms in total. The molecule has 5 amide bonds. The van der Waals surface area contributed by atoms with E-state index in [1.807, 2.05) is 0 Å². The van der Waals surface area contributed by atoms with Crippen molar-refractivity contribution in [1.82, 2.24) is 21.3 Å². The van der Waals surface area contributed by atoms with Crippen LogP contribution < -0.4 is 119 Å². The second kappa shape index (κ2) is 53.1. The first-order valence-electron chi connectivity index (χ1n) is 33.5. The summed E-state index contributed by atoms with van der Waals surface area (Å²) in [4.78, 5) is 174. The van der Waals surface area contributed by atoms with Crippen LogP contribution in [0.15, 0.2) is 39.9 Å². The van der Waals surface area contributed by atoms with Gasteiger partial charge in [-0.1, -0.05) is 0 Å². The molecule has 0 aliphatic carbocycles. The predicted molar refractivity (Wildman–Crippen MR) is 392 cm³/mol. The van der Waals surface area contributed by atoms with E-state index in [9.17, 15) is 43.2 Å². The monoisotopic (exact) mass is 1450 g/mol. The van der Waals surface area contributed by atoms with Crippen LogP contribution >= 0.6 is 12.6 Å². The Morgan fingerprint density at radius 3 is 0.693 bits per heavy atom. The topological polar surface area (TPSA) is 769 Å². The van der Waals surface area contributed by atoms with Crippen LogP contribution in [0.5, 0.6) is 0 Å². The summed E-state index contributed by atoms with van der Waals surface area (Å²) in [7, 11) is 0. The number of nitrogens with two attached hydrogens (primary N) is 17.